The Bertz CT molecular complexity index is 727. The zero-order valence-electron chi connectivity index (χ0n) is 12.1. The highest BCUT2D eigenvalue weighted by Crippen LogP contribution is 2.49. The highest BCUT2D eigenvalue weighted by molar-refractivity contribution is 14.1. The summed E-state index contributed by atoms with van der Waals surface area (Å²) in [5.41, 5.74) is -3.68. The summed E-state index contributed by atoms with van der Waals surface area (Å²) in [6.07, 6.45) is -4.38. The lowest BCUT2D eigenvalue weighted by molar-refractivity contribution is -0.334. The van der Waals surface area contributed by atoms with Crippen LogP contribution < -0.4 is 0 Å². The number of rotatable bonds is 4. The van der Waals surface area contributed by atoms with Crippen molar-refractivity contribution in [3.8, 4) is 0 Å². The lowest BCUT2D eigenvalue weighted by Gasteiger charge is -2.35. The fourth-order valence-corrected chi connectivity index (χ4v) is 2.65. The van der Waals surface area contributed by atoms with Gasteiger partial charge >= 0.3 is 12.1 Å². The molecule has 0 aromatic heterocycles. The minimum atomic E-state index is -5.91. The lowest BCUT2D eigenvalue weighted by Crippen LogP contribution is -2.54. The van der Waals surface area contributed by atoms with Crippen LogP contribution in [0.1, 0.15) is 11.1 Å². The Balaban J connectivity index is 2.59. The molecule has 0 aliphatic heterocycles. The summed E-state index contributed by atoms with van der Waals surface area (Å²) in [4.78, 5) is 0. The molecule has 0 heterocycles. The molecule has 128 valence electrons. The van der Waals surface area contributed by atoms with Crippen molar-refractivity contribution in [2.45, 2.75) is 17.7 Å². The molecular weight excluding hydrogens is 442 g/mol. The van der Waals surface area contributed by atoms with Gasteiger partial charge in [-0.15, -0.1) is 0 Å². The summed E-state index contributed by atoms with van der Waals surface area (Å²) in [7, 11) is 0. The third-order valence-electron chi connectivity index (χ3n) is 3.42. The van der Waals surface area contributed by atoms with Crippen molar-refractivity contribution in [3.63, 3.8) is 0 Å². The van der Waals surface area contributed by atoms with Crippen molar-refractivity contribution in [2.24, 2.45) is 0 Å². The summed E-state index contributed by atoms with van der Waals surface area (Å²) in [6, 6.07) is 12.9. The molecule has 0 aliphatic carbocycles. The maximum absolute atomic E-state index is 14.1. The summed E-state index contributed by atoms with van der Waals surface area (Å²) >= 11 is 1.77. The van der Waals surface area contributed by atoms with Gasteiger partial charge in [-0.05, 0) is 51.9 Å². The molecule has 2 rings (SSSR count). The van der Waals surface area contributed by atoms with E-state index in [0.717, 1.165) is 18.2 Å². The van der Waals surface area contributed by atoms with Gasteiger partial charge in [-0.3, -0.25) is 0 Å². The zero-order valence-corrected chi connectivity index (χ0v) is 14.2. The van der Waals surface area contributed by atoms with E-state index >= 15 is 0 Å². The molecule has 0 fully saturated rings. The molecule has 2 aromatic carbocycles. The topological polar surface area (TPSA) is 20.2 Å². The molecule has 1 unspecified atom stereocenters. The first-order valence-corrected chi connectivity index (χ1v) is 7.83. The minimum Gasteiger partial charge on any atom is -0.375 e. The molecule has 0 bridgehead atoms. The number of aliphatic hydroxyl groups is 1. The zero-order chi connectivity index (χ0) is 18.0. The molecule has 1 atom stereocenters. The molecule has 0 radical (unpaired) electrons. The maximum Gasteiger partial charge on any atom is 0.457 e. The van der Waals surface area contributed by atoms with E-state index in [-0.39, 0.29) is 0 Å². The lowest BCUT2D eigenvalue weighted by atomic mass is 9.86. The highest BCUT2D eigenvalue weighted by atomic mass is 127. The van der Waals surface area contributed by atoms with Gasteiger partial charge < -0.3 is 5.11 Å². The van der Waals surface area contributed by atoms with Crippen molar-refractivity contribution < 1.29 is 27.1 Å². The summed E-state index contributed by atoms with van der Waals surface area (Å²) in [5.74, 6) is -5.37. The van der Waals surface area contributed by atoms with E-state index in [2.05, 4.69) is 0 Å². The second-order valence-corrected chi connectivity index (χ2v) is 6.34. The molecule has 0 saturated carbocycles. The SMILES string of the molecule is OC(/C=C/c1ccccc1)(c1cccc(I)c1)C(F)(F)C(F)(F)F. The van der Waals surface area contributed by atoms with Gasteiger partial charge in [0.1, 0.15) is 0 Å². The van der Waals surface area contributed by atoms with Crippen molar-refractivity contribution in [1.82, 2.24) is 0 Å². The molecule has 0 spiro atoms. The first-order chi connectivity index (χ1) is 11.1. The van der Waals surface area contributed by atoms with Crippen LogP contribution in [0.5, 0.6) is 0 Å². The van der Waals surface area contributed by atoms with E-state index in [9.17, 15) is 27.1 Å². The number of hydrogen-bond donors (Lipinski definition) is 1. The number of halogens is 6. The Morgan fingerprint density at radius 2 is 1.50 bits per heavy atom. The fraction of sp³-hybridized carbons (Fsp3) is 0.176. The second-order valence-electron chi connectivity index (χ2n) is 5.09. The van der Waals surface area contributed by atoms with Gasteiger partial charge in [0.2, 0.25) is 0 Å². The van der Waals surface area contributed by atoms with Crippen LogP contribution in [0.3, 0.4) is 0 Å². The predicted molar refractivity (Wildman–Crippen MR) is 89.5 cm³/mol. The van der Waals surface area contributed by atoms with Crippen LogP contribution >= 0.6 is 22.6 Å². The number of alkyl halides is 5. The summed E-state index contributed by atoms with van der Waals surface area (Å²) < 4.78 is 67.3. The van der Waals surface area contributed by atoms with Gasteiger partial charge in [-0.25, -0.2) is 0 Å². The monoisotopic (exact) mass is 454 g/mol. The van der Waals surface area contributed by atoms with Crippen LogP contribution in [0.15, 0.2) is 60.7 Å². The van der Waals surface area contributed by atoms with E-state index in [1.165, 1.54) is 24.3 Å². The minimum absolute atomic E-state index is 0.388. The smallest absolute Gasteiger partial charge is 0.375 e. The quantitative estimate of drug-likeness (QED) is 0.486. The fourth-order valence-electron chi connectivity index (χ4n) is 2.10. The molecule has 0 amide bonds. The van der Waals surface area contributed by atoms with E-state index in [1.807, 2.05) is 0 Å². The van der Waals surface area contributed by atoms with E-state index in [0.29, 0.717) is 15.2 Å². The van der Waals surface area contributed by atoms with E-state index in [1.54, 1.807) is 40.8 Å². The standard InChI is InChI=1S/C17H12F5IO/c18-16(19,17(20,21)22)15(24,13-7-4-8-14(23)11-13)10-9-12-5-2-1-3-6-12/h1-11,24H/b10-9+. The molecule has 2 aromatic rings. The van der Waals surface area contributed by atoms with E-state index < -0.39 is 23.3 Å². The van der Waals surface area contributed by atoms with E-state index in [4.69, 9.17) is 0 Å². The van der Waals surface area contributed by atoms with Crippen LogP contribution in [-0.2, 0) is 5.60 Å². The first-order valence-electron chi connectivity index (χ1n) is 6.75. The van der Waals surface area contributed by atoms with Gasteiger partial charge in [-0.2, -0.15) is 22.0 Å². The van der Waals surface area contributed by atoms with Gasteiger partial charge in [0, 0.05) is 3.57 Å². The predicted octanol–water partition coefficient (Wildman–Crippen LogP) is 5.39. The van der Waals surface area contributed by atoms with Gasteiger partial charge in [0.15, 0.2) is 5.60 Å². The van der Waals surface area contributed by atoms with Crippen molar-refractivity contribution in [2.75, 3.05) is 0 Å². The largest absolute Gasteiger partial charge is 0.457 e. The van der Waals surface area contributed by atoms with Crippen molar-refractivity contribution in [1.29, 1.82) is 0 Å². The van der Waals surface area contributed by atoms with Crippen molar-refractivity contribution >= 4 is 28.7 Å². The van der Waals surface area contributed by atoms with Crippen LogP contribution in [0.2, 0.25) is 0 Å². The van der Waals surface area contributed by atoms with Crippen LogP contribution in [0.4, 0.5) is 22.0 Å². The van der Waals surface area contributed by atoms with Gasteiger partial charge in [0.05, 0.1) is 0 Å². The Labute approximate surface area is 149 Å². The van der Waals surface area contributed by atoms with Crippen molar-refractivity contribution in [3.05, 3.63) is 75.4 Å². The maximum atomic E-state index is 14.1. The molecule has 0 saturated heterocycles. The Hall–Kier alpha value is -1.48. The third-order valence-corrected chi connectivity index (χ3v) is 4.09. The van der Waals surface area contributed by atoms with Crippen LogP contribution in [-0.4, -0.2) is 17.2 Å². The molecule has 1 N–H and O–H groups in total. The molecular formula is C17H12F5IO. The van der Waals surface area contributed by atoms with Crippen LogP contribution in [0.25, 0.3) is 6.08 Å². The number of hydrogen-bond acceptors (Lipinski definition) is 1. The third kappa shape index (κ3) is 3.61. The Kier molecular flexibility index (Phi) is 5.34. The highest BCUT2D eigenvalue weighted by Gasteiger charge is 2.69. The Morgan fingerprint density at radius 1 is 0.875 bits per heavy atom. The molecule has 24 heavy (non-hydrogen) atoms. The average molecular weight is 454 g/mol. The molecule has 1 nitrogen and oxygen atoms in total. The van der Waals surface area contributed by atoms with Gasteiger partial charge in [-0.1, -0.05) is 48.5 Å². The van der Waals surface area contributed by atoms with Gasteiger partial charge in [0.25, 0.3) is 0 Å². The molecule has 0 aliphatic rings. The summed E-state index contributed by atoms with van der Waals surface area (Å²) in [5, 5.41) is 10.4. The normalized spacial score (nSPS) is 15.5. The summed E-state index contributed by atoms with van der Waals surface area (Å²) in [6.45, 7) is 0. The van der Waals surface area contributed by atoms with Crippen LogP contribution in [0, 0.1) is 3.57 Å². The average Bonchev–Trinajstić information content (AvgIpc) is 2.52. The number of benzene rings is 2. The Morgan fingerprint density at radius 3 is 2.04 bits per heavy atom. The second kappa shape index (κ2) is 6.79. The molecule has 7 heteroatoms. The first kappa shape index (κ1) is 18.9.